The molecule has 3 rings (SSSR count). The van der Waals surface area contributed by atoms with Crippen molar-refractivity contribution in [3.8, 4) is 0 Å². The molecule has 0 spiro atoms. The number of ketones is 1. The molecule has 32 heavy (non-hydrogen) atoms. The van der Waals surface area contributed by atoms with E-state index in [2.05, 4.69) is 10.6 Å². The highest BCUT2D eigenvalue weighted by atomic mass is 32.2. The minimum Gasteiger partial charge on any atom is -0.456 e. The van der Waals surface area contributed by atoms with E-state index in [4.69, 9.17) is 4.74 Å². The SMILES string of the molecule is CC(=O)c1ccccc1NC(=O)COC(=O)C[C@H]1Sc2ccc(C(F)(F)F)cc2NC1=O. The molecule has 2 amide bonds. The summed E-state index contributed by atoms with van der Waals surface area (Å²) in [5.41, 5.74) is -0.303. The van der Waals surface area contributed by atoms with E-state index < -0.39 is 41.4 Å². The second-order valence-corrected chi connectivity index (χ2v) is 8.06. The first-order chi connectivity index (χ1) is 15.0. The van der Waals surface area contributed by atoms with Gasteiger partial charge in [0.25, 0.3) is 5.91 Å². The van der Waals surface area contributed by atoms with E-state index in [1.165, 1.54) is 19.1 Å². The molecular weight excluding hydrogens is 449 g/mol. The number of amides is 2. The molecule has 168 valence electrons. The molecule has 7 nitrogen and oxygen atoms in total. The molecule has 1 atom stereocenters. The number of para-hydroxylation sites is 1. The summed E-state index contributed by atoms with van der Waals surface area (Å²) >= 11 is 0.937. The van der Waals surface area contributed by atoms with Gasteiger partial charge in [0, 0.05) is 10.5 Å². The Balaban J connectivity index is 1.55. The van der Waals surface area contributed by atoms with Gasteiger partial charge < -0.3 is 15.4 Å². The predicted molar refractivity (Wildman–Crippen MR) is 110 cm³/mol. The third kappa shape index (κ3) is 5.67. The van der Waals surface area contributed by atoms with E-state index in [0.717, 1.165) is 23.9 Å². The van der Waals surface area contributed by atoms with Crippen LogP contribution >= 0.6 is 11.8 Å². The summed E-state index contributed by atoms with van der Waals surface area (Å²) < 4.78 is 43.4. The first kappa shape index (κ1) is 23.3. The highest BCUT2D eigenvalue weighted by Gasteiger charge is 2.34. The summed E-state index contributed by atoms with van der Waals surface area (Å²) in [5, 5.41) is 3.92. The zero-order valence-electron chi connectivity index (χ0n) is 16.6. The van der Waals surface area contributed by atoms with Gasteiger partial charge in [-0.25, -0.2) is 0 Å². The third-order valence-electron chi connectivity index (χ3n) is 4.42. The van der Waals surface area contributed by atoms with Crippen molar-refractivity contribution in [3.63, 3.8) is 0 Å². The molecular formula is C21H17F3N2O5S. The molecule has 0 bridgehead atoms. The lowest BCUT2D eigenvalue weighted by Crippen LogP contribution is -2.32. The molecule has 0 saturated carbocycles. The van der Waals surface area contributed by atoms with E-state index in [1.54, 1.807) is 18.2 Å². The quantitative estimate of drug-likeness (QED) is 0.495. The molecule has 2 aromatic carbocycles. The number of benzene rings is 2. The van der Waals surface area contributed by atoms with Gasteiger partial charge in [-0.3, -0.25) is 19.2 Å². The Morgan fingerprint density at radius 3 is 2.56 bits per heavy atom. The normalized spacial score (nSPS) is 15.4. The molecule has 1 aliphatic heterocycles. The second-order valence-electron chi connectivity index (χ2n) is 6.82. The molecule has 0 unspecified atom stereocenters. The van der Waals surface area contributed by atoms with Crippen LogP contribution in [0.3, 0.4) is 0 Å². The van der Waals surface area contributed by atoms with Crippen molar-refractivity contribution >= 4 is 46.7 Å². The number of thioether (sulfide) groups is 1. The van der Waals surface area contributed by atoms with Crippen LogP contribution < -0.4 is 10.6 Å². The van der Waals surface area contributed by atoms with Crippen LogP contribution in [0.4, 0.5) is 24.5 Å². The molecule has 2 N–H and O–H groups in total. The fraction of sp³-hybridized carbons (Fsp3) is 0.238. The fourth-order valence-corrected chi connectivity index (χ4v) is 3.98. The number of hydrogen-bond donors (Lipinski definition) is 2. The highest BCUT2D eigenvalue weighted by molar-refractivity contribution is 8.01. The predicted octanol–water partition coefficient (Wildman–Crippen LogP) is 3.89. The minimum absolute atomic E-state index is 0.0166. The lowest BCUT2D eigenvalue weighted by atomic mass is 10.1. The zero-order chi connectivity index (χ0) is 23.5. The van der Waals surface area contributed by atoms with Crippen LogP contribution in [-0.4, -0.2) is 35.4 Å². The summed E-state index contributed by atoms with van der Waals surface area (Å²) in [6, 6.07) is 9.28. The van der Waals surface area contributed by atoms with Crippen molar-refractivity contribution < 1.29 is 37.1 Å². The highest BCUT2D eigenvalue weighted by Crippen LogP contribution is 2.40. The number of Topliss-reactive ketones (excluding diaryl/α,β-unsaturated/α-hetero) is 1. The van der Waals surface area contributed by atoms with Gasteiger partial charge in [-0.1, -0.05) is 12.1 Å². The lowest BCUT2D eigenvalue weighted by molar-refractivity contribution is -0.147. The minimum atomic E-state index is -4.55. The number of esters is 1. The molecule has 0 saturated heterocycles. The molecule has 1 heterocycles. The average Bonchev–Trinajstić information content (AvgIpc) is 2.72. The van der Waals surface area contributed by atoms with E-state index in [0.29, 0.717) is 10.5 Å². The van der Waals surface area contributed by atoms with Crippen LogP contribution in [0.2, 0.25) is 0 Å². The molecule has 0 aromatic heterocycles. The number of rotatable bonds is 6. The number of alkyl halides is 3. The molecule has 0 radical (unpaired) electrons. The van der Waals surface area contributed by atoms with Crippen LogP contribution in [0.25, 0.3) is 0 Å². The smallest absolute Gasteiger partial charge is 0.416 e. The van der Waals surface area contributed by atoms with Crippen molar-refractivity contribution in [2.24, 2.45) is 0 Å². The third-order valence-corrected chi connectivity index (χ3v) is 5.70. The van der Waals surface area contributed by atoms with Crippen molar-refractivity contribution in [3.05, 3.63) is 53.6 Å². The number of fused-ring (bicyclic) bond motifs is 1. The van der Waals surface area contributed by atoms with Crippen molar-refractivity contribution in [2.75, 3.05) is 17.2 Å². The first-order valence-electron chi connectivity index (χ1n) is 9.29. The van der Waals surface area contributed by atoms with Crippen LogP contribution in [0, 0.1) is 0 Å². The zero-order valence-corrected chi connectivity index (χ0v) is 17.4. The maximum absolute atomic E-state index is 12.8. The number of halogens is 3. The monoisotopic (exact) mass is 466 g/mol. The Hall–Kier alpha value is -3.34. The molecule has 11 heteroatoms. The van der Waals surface area contributed by atoms with Gasteiger partial charge in [0.1, 0.15) is 0 Å². The number of ether oxygens (including phenoxy) is 1. The first-order valence-corrected chi connectivity index (χ1v) is 10.2. The average molecular weight is 466 g/mol. The molecule has 2 aromatic rings. The molecule has 0 fully saturated rings. The summed E-state index contributed by atoms with van der Waals surface area (Å²) in [6.07, 6.45) is -4.93. The maximum Gasteiger partial charge on any atom is 0.416 e. The summed E-state index contributed by atoms with van der Waals surface area (Å²) in [4.78, 5) is 48.3. The number of carbonyl (C=O) groups is 4. The summed E-state index contributed by atoms with van der Waals surface area (Å²) in [5.74, 6) is -2.39. The largest absolute Gasteiger partial charge is 0.456 e. The van der Waals surface area contributed by atoms with E-state index in [1.807, 2.05) is 0 Å². The lowest BCUT2D eigenvalue weighted by Gasteiger charge is -2.24. The molecule has 1 aliphatic rings. The van der Waals surface area contributed by atoms with Gasteiger partial charge in [0.05, 0.1) is 28.6 Å². The van der Waals surface area contributed by atoms with Gasteiger partial charge in [0.2, 0.25) is 5.91 Å². The fourth-order valence-electron chi connectivity index (χ4n) is 2.90. The topological polar surface area (TPSA) is 102 Å². The van der Waals surface area contributed by atoms with Crippen molar-refractivity contribution in [1.29, 1.82) is 0 Å². The number of hydrogen-bond acceptors (Lipinski definition) is 6. The maximum atomic E-state index is 12.8. The van der Waals surface area contributed by atoms with Gasteiger partial charge in [0.15, 0.2) is 12.4 Å². The van der Waals surface area contributed by atoms with Crippen LogP contribution in [-0.2, 0) is 25.3 Å². The molecule has 0 aliphatic carbocycles. The van der Waals surface area contributed by atoms with Gasteiger partial charge in [-0.2, -0.15) is 13.2 Å². The summed E-state index contributed by atoms with van der Waals surface area (Å²) in [7, 11) is 0. The second kappa shape index (κ2) is 9.43. The Labute approximate surface area is 184 Å². The van der Waals surface area contributed by atoms with Crippen LogP contribution in [0.15, 0.2) is 47.4 Å². The Bertz CT molecular complexity index is 1090. The van der Waals surface area contributed by atoms with Gasteiger partial charge >= 0.3 is 12.1 Å². The van der Waals surface area contributed by atoms with Crippen molar-refractivity contribution in [2.45, 2.75) is 29.7 Å². The van der Waals surface area contributed by atoms with Crippen LogP contribution in [0.5, 0.6) is 0 Å². The van der Waals surface area contributed by atoms with E-state index in [9.17, 15) is 32.3 Å². The van der Waals surface area contributed by atoms with Crippen molar-refractivity contribution in [1.82, 2.24) is 0 Å². The van der Waals surface area contributed by atoms with E-state index in [-0.39, 0.29) is 23.6 Å². The summed E-state index contributed by atoms with van der Waals surface area (Å²) in [6.45, 7) is 0.718. The van der Waals surface area contributed by atoms with Gasteiger partial charge in [-0.05, 0) is 37.3 Å². The van der Waals surface area contributed by atoms with Gasteiger partial charge in [-0.15, -0.1) is 11.8 Å². The number of nitrogens with one attached hydrogen (secondary N) is 2. The Kier molecular flexibility index (Phi) is 6.87. The van der Waals surface area contributed by atoms with E-state index >= 15 is 0 Å². The Morgan fingerprint density at radius 1 is 1.16 bits per heavy atom. The number of anilines is 2. The number of carbonyl (C=O) groups excluding carboxylic acids is 4. The standard InChI is InChI=1S/C21H17F3N2O5S/c1-11(27)13-4-2-3-5-14(13)25-18(28)10-31-19(29)9-17-20(30)26-15-8-12(21(22,23)24)6-7-16(15)32-17/h2-8,17H,9-10H2,1H3,(H,25,28)(H,26,30)/t17-/m1/s1. The Morgan fingerprint density at radius 2 is 1.88 bits per heavy atom. The van der Waals surface area contributed by atoms with Crippen LogP contribution in [0.1, 0.15) is 29.3 Å².